The second-order valence-electron chi connectivity index (χ2n) is 7.94. The highest BCUT2D eigenvalue weighted by atomic mass is 16.5. The van der Waals surface area contributed by atoms with Crippen LogP contribution in [0, 0.1) is 0 Å². The van der Waals surface area contributed by atoms with E-state index in [1.807, 2.05) is 97.1 Å². The van der Waals surface area contributed by atoms with Crippen LogP contribution in [0.1, 0.15) is 16.7 Å². The molecule has 0 heterocycles. The molecule has 4 rings (SSSR count). The van der Waals surface area contributed by atoms with Gasteiger partial charge in [-0.1, -0.05) is 84.9 Å². The van der Waals surface area contributed by atoms with Gasteiger partial charge < -0.3 is 15.2 Å². The topological polar surface area (TPSA) is 75.6 Å². The minimum absolute atomic E-state index is 0.126. The zero-order valence-corrected chi connectivity index (χ0v) is 18.1. The van der Waals surface area contributed by atoms with Gasteiger partial charge in [0.1, 0.15) is 18.4 Å². The van der Waals surface area contributed by atoms with Crippen molar-refractivity contribution in [3.05, 3.63) is 114 Å². The number of carboxylic acids is 1. The molecular weight excluding hydrogens is 414 g/mol. The number of hydrogen-bond acceptors (Lipinski definition) is 3. The van der Waals surface area contributed by atoms with Crippen molar-refractivity contribution in [3.63, 3.8) is 0 Å². The third kappa shape index (κ3) is 6.20. The van der Waals surface area contributed by atoms with Gasteiger partial charge in [-0.2, -0.15) is 0 Å². The summed E-state index contributed by atoms with van der Waals surface area (Å²) < 4.78 is 5.77. The summed E-state index contributed by atoms with van der Waals surface area (Å²) in [6.07, 6.45) is 0.318. The van der Waals surface area contributed by atoms with Crippen LogP contribution in [-0.4, -0.2) is 23.0 Å². The highest BCUT2D eigenvalue weighted by Crippen LogP contribution is 2.17. The van der Waals surface area contributed by atoms with Crippen molar-refractivity contribution < 1.29 is 19.4 Å². The van der Waals surface area contributed by atoms with Gasteiger partial charge >= 0.3 is 5.97 Å². The number of fused-ring (bicyclic) bond motifs is 1. The second kappa shape index (κ2) is 10.5. The van der Waals surface area contributed by atoms with Crippen molar-refractivity contribution in [3.8, 4) is 5.75 Å². The Morgan fingerprint density at radius 3 is 2.15 bits per heavy atom. The summed E-state index contributed by atoms with van der Waals surface area (Å²) in [5.74, 6) is -0.679. The second-order valence-corrected chi connectivity index (χ2v) is 7.94. The molecular formula is C28H25NO4. The number of hydrogen-bond donors (Lipinski definition) is 2. The van der Waals surface area contributed by atoms with Crippen LogP contribution in [0.5, 0.6) is 5.75 Å². The van der Waals surface area contributed by atoms with Crippen LogP contribution >= 0.6 is 0 Å². The van der Waals surface area contributed by atoms with E-state index in [2.05, 4.69) is 5.32 Å². The molecule has 5 heteroatoms. The van der Waals surface area contributed by atoms with Crippen LogP contribution in [0.4, 0.5) is 0 Å². The van der Waals surface area contributed by atoms with Gasteiger partial charge in [-0.05, 0) is 39.6 Å². The molecule has 0 aliphatic carbocycles. The van der Waals surface area contributed by atoms with Gasteiger partial charge in [0.25, 0.3) is 0 Å². The third-order valence-electron chi connectivity index (χ3n) is 5.42. The molecule has 0 bridgehead atoms. The van der Waals surface area contributed by atoms with Crippen LogP contribution < -0.4 is 10.1 Å². The lowest BCUT2D eigenvalue weighted by molar-refractivity contribution is -0.141. The fourth-order valence-corrected chi connectivity index (χ4v) is 3.68. The molecule has 166 valence electrons. The number of ether oxygens (including phenoxy) is 1. The lowest BCUT2D eigenvalue weighted by atomic mass is 10.0. The number of benzene rings is 4. The Hall–Kier alpha value is -4.12. The number of rotatable bonds is 9. The van der Waals surface area contributed by atoms with E-state index in [-0.39, 0.29) is 18.7 Å². The van der Waals surface area contributed by atoms with Crippen molar-refractivity contribution in [2.45, 2.75) is 25.5 Å². The van der Waals surface area contributed by atoms with Crippen molar-refractivity contribution >= 4 is 22.6 Å². The number of aliphatic carboxylic acids is 1. The molecule has 0 saturated heterocycles. The quantitative estimate of drug-likeness (QED) is 0.394. The molecule has 0 unspecified atom stereocenters. The van der Waals surface area contributed by atoms with E-state index in [9.17, 15) is 14.7 Å². The summed E-state index contributed by atoms with van der Waals surface area (Å²) in [6.45, 7) is 0.461. The smallest absolute Gasteiger partial charge is 0.326 e. The zero-order valence-electron chi connectivity index (χ0n) is 18.1. The van der Waals surface area contributed by atoms with Crippen molar-refractivity contribution in [2.24, 2.45) is 0 Å². The first-order valence-electron chi connectivity index (χ1n) is 10.8. The predicted molar refractivity (Wildman–Crippen MR) is 128 cm³/mol. The highest BCUT2D eigenvalue weighted by Gasteiger charge is 2.20. The zero-order chi connectivity index (χ0) is 23.0. The summed E-state index contributed by atoms with van der Waals surface area (Å²) in [6, 6.07) is 29.9. The van der Waals surface area contributed by atoms with Gasteiger partial charge in [0, 0.05) is 6.42 Å². The number of carbonyl (C=O) groups is 2. The van der Waals surface area contributed by atoms with E-state index in [0.717, 1.165) is 27.5 Å². The molecule has 0 spiro atoms. The molecule has 33 heavy (non-hydrogen) atoms. The number of carboxylic acid groups (broad SMARTS) is 1. The molecule has 4 aromatic rings. The molecule has 0 radical (unpaired) electrons. The number of nitrogens with one attached hydrogen (secondary N) is 1. The lowest BCUT2D eigenvalue weighted by Gasteiger charge is -2.15. The van der Waals surface area contributed by atoms with Gasteiger partial charge in [-0.3, -0.25) is 4.79 Å². The van der Waals surface area contributed by atoms with Gasteiger partial charge in [-0.25, -0.2) is 4.79 Å². The molecule has 0 fully saturated rings. The van der Waals surface area contributed by atoms with E-state index in [1.54, 1.807) is 0 Å². The molecule has 0 aliphatic rings. The lowest BCUT2D eigenvalue weighted by Crippen LogP contribution is -2.43. The Morgan fingerprint density at radius 1 is 0.758 bits per heavy atom. The monoisotopic (exact) mass is 439 g/mol. The molecule has 0 aliphatic heterocycles. The standard InChI is InChI=1S/C28H25NO4/c30-27(18-22-10-13-23-8-4-5-9-24(23)16-22)29-26(28(31)32)17-20-11-14-25(15-12-20)33-19-21-6-2-1-3-7-21/h1-16,26H,17-19H2,(H,29,30)(H,31,32)/t26-/m1/s1. The first-order chi connectivity index (χ1) is 16.1. The SMILES string of the molecule is O=C(Cc1ccc2ccccc2c1)N[C@H](Cc1ccc(OCc2ccccc2)cc1)C(=O)O. The van der Waals surface area contributed by atoms with E-state index < -0.39 is 12.0 Å². The van der Waals surface area contributed by atoms with Crippen LogP contribution in [-0.2, 0) is 29.0 Å². The van der Waals surface area contributed by atoms with E-state index >= 15 is 0 Å². The third-order valence-corrected chi connectivity index (χ3v) is 5.42. The van der Waals surface area contributed by atoms with Crippen LogP contribution in [0.2, 0.25) is 0 Å². The van der Waals surface area contributed by atoms with Gasteiger partial charge in [0.15, 0.2) is 0 Å². The molecule has 1 amide bonds. The fraction of sp³-hybridized carbons (Fsp3) is 0.143. The number of amides is 1. The average Bonchev–Trinajstić information content (AvgIpc) is 2.83. The minimum Gasteiger partial charge on any atom is -0.489 e. The molecule has 1 atom stereocenters. The number of carbonyl (C=O) groups excluding carboxylic acids is 1. The Morgan fingerprint density at radius 2 is 1.42 bits per heavy atom. The molecule has 0 saturated carbocycles. The maximum atomic E-state index is 12.5. The van der Waals surface area contributed by atoms with Crippen molar-refractivity contribution in [2.75, 3.05) is 0 Å². The van der Waals surface area contributed by atoms with E-state index in [0.29, 0.717) is 12.4 Å². The molecule has 2 N–H and O–H groups in total. The van der Waals surface area contributed by atoms with Crippen LogP contribution in [0.15, 0.2) is 97.1 Å². The summed E-state index contributed by atoms with van der Waals surface area (Å²) in [5, 5.41) is 14.4. The summed E-state index contributed by atoms with van der Waals surface area (Å²) >= 11 is 0. The maximum absolute atomic E-state index is 12.5. The van der Waals surface area contributed by atoms with Gasteiger partial charge in [-0.15, -0.1) is 0 Å². The largest absolute Gasteiger partial charge is 0.489 e. The van der Waals surface area contributed by atoms with Gasteiger partial charge in [0.05, 0.1) is 6.42 Å². The first kappa shape index (κ1) is 22.1. The minimum atomic E-state index is -1.06. The molecule has 5 nitrogen and oxygen atoms in total. The first-order valence-corrected chi connectivity index (χ1v) is 10.8. The fourth-order valence-electron chi connectivity index (χ4n) is 3.68. The Balaban J connectivity index is 1.33. The predicted octanol–water partition coefficient (Wildman–Crippen LogP) is 4.77. The Kier molecular flexibility index (Phi) is 7.00. The summed E-state index contributed by atoms with van der Waals surface area (Å²) in [7, 11) is 0. The van der Waals surface area contributed by atoms with Crippen LogP contribution in [0.3, 0.4) is 0 Å². The maximum Gasteiger partial charge on any atom is 0.326 e. The van der Waals surface area contributed by atoms with E-state index in [1.165, 1.54) is 0 Å². The van der Waals surface area contributed by atoms with Gasteiger partial charge in [0.2, 0.25) is 5.91 Å². The molecule has 4 aromatic carbocycles. The molecule has 0 aromatic heterocycles. The van der Waals surface area contributed by atoms with Crippen molar-refractivity contribution in [1.82, 2.24) is 5.32 Å². The van der Waals surface area contributed by atoms with Crippen LogP contribution in [0.25, 0.3) is 10.8 Å². The Bertz CT molecular complexity index is 1240. The highest BCUT2D eigenvalue weighted by molar-refractivity contribution is 5.87. The summed E-state index contributed by atoms with van der Waals surface area (Å²) in [5.41, 5.74) is 2.72. The average molecular weight is 440 g/mol. The van der Waals surface area contributed by atoms with E-state index in [4.69, 9.17) is 4.74 Å². The Labute approximate surface area is 192 Å². The van der Waals surface area contributed by atoms with Crippen molar-refractivity contribution in [1.29, 1.82) is 0 Å². The summed E-state index contributed by atoms with van der Waals surface area (Å²) in [4.78, 5) is 24.3. The normalized spacial score (nSPS) is 11.6.